The van der Waals surface area contributed by atoms with E-state index in [1.54, 1.807) is 7.11 Å². The molecule has 1 aromatic rings. The van der Waals surface area contributed by atoms with Crippen molar-refractivity contribution < 1.29 is 4.74 Å². The van der Waals surface area contributed by atoms with Crippen molar-refractivity contribution in [1.82, 2.24) is 10.2 Å². The molecule has 0 aromatic heterocycles. The third kappa shape index (κ3) is 3.95. The van der Waals surface area contributed by atoms with Gasteiger partial charge < -0.3 is 15.0 Å². The highest BCUT2D eigenvalue weighted by Gasteiger charge is 2.28. The predicted octanol–water partition coefficient (Wildman–Crippen LogP) is 2.52. The minimum Gasteiger partial charge on any atom is -0.496 e. The Morgan fingerprint density at radius 3 is 2.84 bits per heavy atom. The van der Waals surface area contributed by atoms with E-state index in [-0.39, 0.29) is 0 Å². The SMILES string of the molecule is COc1ccccc1CN(C)CC1(C)CCCNC1. The summed E-state index contributed by atoms with van der Waals surface area (Å²) in [6, 6.07) is 8.29. The minimum absolute atomic E-state index is 0.398. The Morgan fingerprint density at radius 2 is 2.16 bits per heavy atom. The molecule has 106 valence electrons. The third-order valence-corrected chi connectivity index (χ3v) is 3.97. The van der Waals surface area contributed by atoms with Gasteiger partial charge in [-0.05, 0) is 37.9 Å². The van der Waals surface area contributed by atoms with E-state index in [2.05, 4.69) is 36.3 Å². The van der Waals surface area contributed by atoms with Gasteiger partial charge in [-0.1, -0.05) is 25.1 Å². The first-order chi connectivity index (χ1) is 9.13. The Kier molecular flexibility index (Phi) is 4.83. The molecule has 0 spiro atoms. The molecule has 0 saturated carbocycles. The zero-order valence-corrected chi connectivity index (χ0v) is 12.4. The number of hydrogen-bond acceptors (Lipinski definition) is 3. The minimum atomic E-state index is 0.398. The normalized spacial score (nSPS) is 23.6. The molecule has 0 bridgehead atoms. The molecule has 0 radical (unpaired) electrons. The summed E-state index contributed by atoms with van der Waals surface area (Å²) >= 11 is 0. The molecule has 3 nitrogen and oxygen atoms in total. The number of benzene rings is 1. The largest absolute Gasteiger partial charge is 0.496 e. The van der Waals surface area contributed by atoms with Gasteiger partial charge in [0.25, 0.3) is 0 Å². The summed E-state index contributed by atoms with van der Waals surface area (Å²) in [5, 5.41) is 3.52. The lowest BCUT2D eigenvalue weighted by Gasteiger charge is -2.37. The first kappa shape index (κ1) is 14.4. The number of rotatable bonds is 5. The maximum atomic E-state index is 5.42. The Balaban J connectivity index is 1.95. The van der Waals surface area contributed by atoms with Crippen molar-refractivity contribution >= 4 is 0 Å². The number of para-hydroxylation sites is 1. The molecule has 19 heavy (non-hydrogen) atoms. The highest BCUT2D eigenvalue weighted by atomic mass is 16.5. The van der Waals surface area contributed by atoms with E-state index in [4.69, 9.17) is 4.74 Å². The summed E-state index contributed by atoms with van der Waals surface area (Å²) in [5.74, 6) is 0.987. The van der Waals surface area contributed by atoms with E-state index in [0.717, 1.165) is 25.4 Å². The summed E-state index contributed by atoms with van der Waals surface area (Å²) in [5.41, 5.74) is 1.66. The zero-order valence-electron chi connectivity index (χ0n) is 12.4. The molecule has 1 aliphatic heterocycles. The fraction of sp³-hybridized carbons (Fsp3) is 0.625. The van der Waals surface area contributed by atoms with Crippen LogP contribution in [0.25, 0.3) is 0 Å². The number of ether oxygens (including phenoxy) is 1. The van der Waals surface area contributed by atoms with Gasteiger partial charge in [0.1, 0.15) is 5.75 Å². The lowest BCUT2D eigenvalue weighted by molar-refractivity contribution is 0.148. The molecule has 1 atom stereocenters. The Labute approximate surface area is 116 Å². The number of nitrogens with zero attached hydrogens (tertiary/aromatic N) is 1. The Morgan fingerprint density at radius 1 is 1.37 bits per heavy atom. The standard InChI is InChI=1S/C16H26N2O/c1-16(9-6-10-17-12-16)13-18(2)11-14-7-4-5-8-15(14)19-3/h4-5,7-8,17H,6,9-13H2,1-3H3. The third-order valence-electron chi connectivity index (χ3n) is 3.97. The fourth-order valence-electron chi connectivity index (χ4n) is 3.09. The van der Waals surface area contributed by atoms with Crippen LogP contribution in [0.15, 0.2) is 24.3 Å². The molecule has 1 aromatic carbocycles. The second-order valence-corrected chi connectivity index (χ2v) is 6.08. The highest BCUT2D eigenvalue weighted by Crippen LogP contribution is 2.27. The Hall–Kier alpha value is -1.06. The van der Waals surface area contributed by atoms with Gasteiger partial charge in [0.15, 0.2) is 0 Å². The predicted molar refractivity (Wildman–Crippen MR) is 79.5 cm³/mol. The summed E-state index contributed by atoms with van der Waals surface area (Å²) in [6.07, 6.45) is 2.61. The van der Waals surface area contributed by atoms with Crippen LogP contribution in [-0.4, -0.2) is 38.7 Å². The molecule has 3 heteroatoms. The second kappa shape index (κ2) is 6.40. The van der Waals surface area contributed by atoms with Crippen LogP contribution in [0.4, 0.5) is 0 Å². The summed E-state index contributed by atoms with van der Waals surface area (Å²) in [4.78, 5) is 2.41. The van der Waals surface area contributed by atoms with Gasteiger partial charge in [0, 0.05) is 25.2 Å². The van der Waals surface area contributed by atoms with Crippen LogP contribution >= 0.6 is 0 Å². The number of methoxy groups -OCH3 is 1. The molecular formula is C16H26N2O. The van der Waals surface area contributed by atoms with Gasteiger partial charge in [0.2, 0.25) is 0 Å². The highest BCUT2D eigenvalue weighted by molar-refractivity contribution is 5.33. The molecule has 0 aliphatic carbocycles. The quantitative estimate of drug-likeness (QED) is 0.882. The fourth-order valence-corrected chi connectivity index (χ4v) is 3.09. The van der Waals surface area contributed by atoms with Gasteiger partial charge in [-0.2, -0.15) is 0 Å². The molecule has 0 amide bonds. The van der Waals surface area contributed by atoms with Crippen molar-refractivity contribution in [3.05, 3.63) is 29.8 Å². The van der Waals surface area contributed by atoms with Crippen LogP contribution in [0.1, 0.15) is 25.3 Å². The van der Waals surface area contributed by atoms with E-state index >= 15 is 0 Å². The van der Waals surface area contributed by atoms with Crippen molar-refractivity contribution in [1.29, 1.82) is 0 Å². The van der Waals surface area contributed by atoms with Crippen molar-refractivity contribution in [3.8, 4) is 5.75 Å². The van der Waals surface area contributed by atoms with Gasteiger partial charge in [-0.3, -0.25) is 0 Å². The first-order valence-corrected chi connectivity index (χ1v) is 7.14. The molecule has 1 aliphatic rings. The van der Waals surface area contributed by atoms with E-state index < -0.39 is 0 Å². The maximum absolute atomic E-state index is 5.42. The van der Waals surface area contributed by atoms with Crippen molar-refractivity contribution in [2.24, 2.45) is 5.41 Å². The van der Waals surface area contributed by atoms with E-state index in [0.29, 0.717) is 5.41 Å². The average molecular weight is 262 g/mol. The van der Waals surface area contributed by atoms with Gasteiger partial charge in [-0.25, -0.2) is 0 Å². The summed E-state index contributed by atoms with van der Waals surface area (Å²) in [7, 11) is 3.94. The van der Waals surface area contributed by atoms with Crippen LogP contribution in [0.5, 0.6) is 5.75 Å². The summed E-state index contributed by atoms with van der Waals surface area (Å²) in [6.45, 7) is 6.75. The first-order valence-electron chi connectivity index (χ1n) is 7.14. The van der Waals surface area contributed by atoms with Crippen LogP contribution < -0.4 is 10.1 Å². The molecule has 1 fully saturated rings. The molecular weight excluding hydrogens is 236 g/mol. The van der Waals surface area contributed by atoms with Crippen LogP contribution in [0, 0.1) is 5.41 Å². The smallest absolute Gasteiger partial charge is 0.123 e. The van der Waals surface area contributed by atoms with Gasteiger partial charge in [0.05, 0.1) is 7.11 Å². The van der Waals surface area contributed by atoms with Crippen LogP contribution in [0.2, 0.25) is 0 Å². The number of nitrogens with one attached hydrogen (secondary N) is 1. The van der Waals surface area contributed by atoms with E-state index in [1.165, 1.54) is 24.9 Å². The lowest BCUT2D eigenvalue weighted by atomic mass is 9.82. The van der Waals surface area contributed by atoms with Crippen LogP contribution in [-0.2, 0) is 6.54 Å². The molecule has 1 N–H and O–H groups in total. The van der Waals surface area contributed by atoms with Gasteiger partial charge >= 0.3 is 0 Å². The summed E-state index contributed by atoms with van der Waals surface area (Å²) < 4.78 is 5.42. The van der Waals surface area contributed by atoms with Crippen molar-refractivity contribution in [3.63, 3.8) is 0 Å². The lowest BCUT2D eigenvalue weighted by Crippen LogP contribution is -2.44. The average Bonchev–Trinajstić information content (AvgIpc) is 2.39. The molecule has 2 rings (SSSR count). The van der Waals surface area contributed by atoms with Crippen LogP contribution in [0.3, 0.4) is 0 Å². The zero-order chi connectivity index (χ0) is 13.7. The molecule has 1 saturated heterocycles. The monoisotopic (exact) mass is 262 g/mol. The van der Waals surface area contributed by atoms with E-state index in [9.17, 15) is 0 Å². The molecule has 1 unspecified atom stereocenters. The van der Waals surface area contributed by atoms with E-state index in [1.807, 2.05) is 12.1 Å². The molecule has 1 heterocycles. The topological polar surface area (TPSA) is 24.5 Å². The maximum Gasteiger partial charge on any atom is 0.123 e. The number of hydrogen-bond donors (Lipinski definition) is 1. The second-order valence-electron chi connectivity index (χ2n) is 6.08. The van der Waals surface area contributed by atoms with Crippen molar-refractivity contribution in [2.45, 2.75) is 26.3 Å². The van der Waals surface area contributed by atoms with Gasteiger partial charge in [-0.15, -0.1) is 0 Å². The number of piperidine rings is 1. The Bertz CT molecular complexity index is 399. The van der Waals surface area contributed by atoms with Crippen molar-refractivity contribution in [2.75, 3.05) is 33.8 Å².